The standard InChI is InChI=1S/C31H48N4O2/c1-27(2)14-18-17(19(15-27)26(36)35-37)10-12-30(6)21(18)8-9-23-29(5)16-20-24(33-34-25(20)32)28(3,4)22(29)11-13-31(23,30)7/h8,17-19,22-23,37H,9-16H2,1-7H3,(H,35,36)(H3,32,33,34)/t17-,18?,19+,22?,23?,29-,30+,31+/m0/s1. The first-order chi connectivity index (χ1) is 17.2. The first kappa shape index (κ1) is 25.5. The Bertz CT molecular complexity index is 1170. The van der Waals surface area contributed by atoms with Crippen molar-refractivity contribution in [3.63, 3.8) is 0 Å². The predicted molar refractivity (Wildman–Crippen MR) is 146 cm³/mol. The van der Waals surface area contributed by atoms with Gasteiger partial charge >= 0.3 is 0 Å². The number of rotatable bonds is 1. The summed E-state index contributed by atoms with van der Waals surface area (Å²) in [5, 5.41) is 17.3. The predicted octanol–water partition coefficient (Wildman–Crippen LogP) is 6.17. The number of carbonyl (C=O) groups is 1. The Morgan fingerprint density at radius 1 is 1.08 bits per heavy atom. The number of carbonyl (C=O) groups excluding carboxylic acids is 1. The maximum atomic E-state index is 12.8. The maximum Gasteiger partial charge on any atom is 0.246 e. The quantitative estimate of drug-likeness (QED) is 0.207. The van der Waals surface area contributed by atoms with Crippen molar-refractivity contribution in [1.82, 2.24) is 15.7 Å². The minimum absolute atomic E-state index is 0.0229. The Hall–Kier alpha value is -1.82. The number of H-pyrrole nitrogens is 1. The molecule has 1 amide bonds. The fraction of sp³-hybridized carbons (Fsp3) is 0.806. The van der Waals surface area contributed by atoms with Gasteiger partial charge in [0.05, 0.1) is 0 Å². The molecule has 1 aromatic heterocycles. The minimum atomic E-state index is -0.183. The number of anilines is 1. The largest absolute Gasteiger partial charge is 0.382 e. The minimum Gasteiger partial charge on any atom is -0.382 e. The molecule has 6 heteroatoms. The summed E-state index contributed by atoms with van der Waals surface area (Å²) in [6.07, 6.45) is 11.4. The number of nitrogens with zero attached hydrogens (tertiary/aromatic N) is 1. The lowest BCUT2D eigenvalue weighted by Crippen LogP contribution is -2.64. The lowest BCUT2D eigenvalue weighted by molar-refractivity contribution is -0.159. The van der Waals surface area contributed by atoms with Crippen LogP contribution in [0.1, 0.15) is 105 Å². The lowest BCUT2D eigenvalue weighted by Gasteiger charge is -2.70. The zero-order chi connectivity index (χ0) is 26.8. The molecule has 6 rings (SSSR count). The van der Waals surface area contributed by atoms with Gasteiger partial charge in [-0.1, -0.05) is 60.1 Å². The lowest BCUT2D eigenvalue weighted by atomic mass is 9.34. The van der Waals surface area contributed by atoms with E-state index in [9.17, 15) is 10.0 Å². The Morgan fingerprint density at radius 3 is 2.51 bits per heavy atom. The zero-order valence-electron chi connectivity index (χ0n) is 24.0. The molecule has 5 N–H and O–H groups in total. The van der Waals surface area contributed by atoms with E-state index < -0.39 is 0 Å². The highest BCUT2D eigenvalue weighted by Crippen LogP contribution is 2.74. The van der Waals surface area contributed by atoms with E-state index in [4.69, 9.17) is 5.73 Å². The van der Waals surface area contributed by atoms with Crippen LogP contribution < -0.4 is 11.2 Å². The second kappa shape index (κ2) is 7.64. The van der Waals surface area contributed by atoms with Gasteiger partial charge in [0.15, 0.2) is 0 Å². The van der Waals surface area contributed by atoms with Gasteiger partial charge < -0.3 is 5.73 Å². The van der Waals surface area contributed by atoms with E-state index in [1.807, 2.05) is 5.48 Å². The molecule has 0 aromatic carbocycles. The van der Waals surface area contributed by atoms with Gasteiger partial charge in [-0.05, 0) is 96.7 Å². The number of hydrogen-bond donors (Lipinski definition) is 4. The van der Waals surface area contributed by atoms with E-state index in [2.05, 4.69) is 64.7 Å². The third-order valence-corrected chi connectivity index (χ3v) is 13.2. The Kier molecular flexibility index (Phi) is 5.26. The summed E-state index contributed by atoms with van der Waals surface area (Å²) in [5.74, 6) is 2.32. The van der Waals surface area contributed by atoms with Crippen LogP contribution in [-0.2, 0) is 16.6 Å². The summed E-state index contributed by atoms with van der Waals surface area (Å²) in [7, 11) is 0. The second-order valence-electron chi connectivity index (χ2n) is 15.6. The first-order valence-corrected chi connectivity index (χ1v) is 14.7. The normalized spacial score (nSPS) is 45.3. The van der Waals surface area contributed by atoms with Crippen LogP contribution in [0.4, 0.5) is 5.82 Å². The van der Waals surface area contributed by atoms with Gasteiger partial charge in [0.1, 0.15) is 5.82 Å². The van der Waals surface area contributed by atoms with Gasteiger partial charge in [-0.3, -0.25) is 15.1 Å². The molecular weight excluding hydrogens is 460 g/mol. The molecule has 0 bridgehead atoms. The smallest absolute Gasteiger partial charge is 0.246 e. The van der Waals surface area contributed by atoms with Crippen LogP contribution in [0.3, 0.4) is 0 Å². The summed E-state index contributed by atoms with van der Waals surface area (Å²) >= 11 is 0. The molecule has 8 atom stereocenters. The van der Waals surface area contributed by atoms with E-state index in [0.29, 0.717) is 29.5 Å². The van der Waals surface area contributed by atoms with Crippen molar-refractivity contribution in [2.45, 2.75) is 105 Å². The number of allylic oxidation sites excluding steroid dienone is 2. The summed E-state index contributed by atoms with van der Waals surface area (Å²) < 4.78 is 0. The van der Waals surface area contributed by atoms with Crippen LogP contribution in [0, 0.1) is 51.2 Å². The summed E-state index contributed by atoms with van der Waals surface area (Å²) in [4.78, 5) is 12.8. The second-order valence-corrected chi connectivity index (χ2v) is 15.6. The number of aromatic nitrogens is 2. The summed E-state index contributed by atoms with van der Waals surface area (Å²) in [6.45, 7) is 17.2. The van der Waals surface area contributed by atoms with Gasteiger partial charge in [-0.15, -0.1) is 0 Å². The molecule has 3 saturated carbocycles. The monoisotopic (exact) mass is 508 g/mol. The third kappa shape index (κ3) is 3.14. The number of nitrogens with two attached hydrogens (primary N) is 1. The van der Waals surface area contributed by atoms with Crippen LogP contribution >= 0.6 is 0 Å². The van der Waals surface area contributed by atoms with Crippen molar-refractivity contribution in [2.24, 2.45) is 51.2 Å². The van der Waals surface area contributed by atoms with Gasteiger partial charge in [-0.2, -0.15) is 5.10 Å². The molecule has 0 aliphatic heterocycles. The zero-order valence-corrected chi connectivity index (χ0v) is 24.0. The molecule has 5 aliphatic rings. The number of nitrogens with one attached hydrogen (secondary N) is 2. The number of fused-ring (bicyclic) bond motifs is 8. The topological polar surface area (TPSA) is 104 Å². The number of hydrogen-bond acceptors (Lipinski definition) is 4. The van der Waals surface area contributed by atoms with Gasteiger partial charge in [0, 0.05) is 22.6 Å². The van der Waals surface area contributed by atoms with Crippen molar-refractivity contribution in [1.29, 1.82) is 0 Å². The summed E-state index contributed by atoms with van der Waals surface area (Å²) in [5.41, 5.74) is 13.2. The van der Waals surface area contributed by atoms with Crippen molar-refractivity contribution in [3.8, 4) is 0 Å². The fourth-order valence-corrected chi connectivity index (χ4v) is 11.4. The highest BCUT2D eigenvalue weighted by atomic mass is 16.5. The molecule has 37 heavy (non-hydrogen) atoms. The van der Waals surface area contributed by atoms with Crippen LogP contribution in [0.25, 0.3) is 0 Å². The van der Waals surface area contributed by atoms with Crippen molar-refractivity contribution in [2.75, 3.05) is 5.73 Å². The van der Waals surface area contributed by atoms with Gasteiger partial charge in [-0.25, -0.2) is 5.48 Å². The molecule has 6 nitrogen and oxygen atoms in total. The highest BCUT2D eigenvalue weighted by molar-refractivity contribution is 5.78. The van der Waals surface area contributed by atoms with Crippen LogP contribution in [0.15, 0.2) is 11.6 Å². The van der Waals surface area contributed by atoms with Crippen LogP contribution in [0.5, 0.6) is 0 Å². The molecule has 0 saturated heterocycles. The SMILES string of the molecule is CC1(C)CC2C3=CCC4[C@@]5(C)Cc6c(N)n[nH]c6C(C)(C)C5CC[C@@]4(C)[C@]3(C)CC[C@@H]2[C@H](C(=O)NO)C1. The van der Waals surface area contributed by atoms with Crippen LogP contribution in [-0.4, -0.2) is 21.3 Å². The first-order valence-electron chi connectivity index (χ1n) is 14.7. The Balaban J connectivity index is 1.43. The molecule has 3 fully saturated rings. The van der Waals surface area contributed by atoms with E-state index in [-0.39, 0.29) is 38.9 Å². The number of aromatic amines is 1. The number of hydroxylamine groups is 1. The molecular formula is C31H48N4O2. The van der Waals surface area contributed by atoms with E-state index in [0.717, 1.165) is 38.5 Å². The van der Waals surface area contributed by atoms with Crippen molar-refractivity contribution < 1.29 is 10.0 Å². The van der Waals surface area contributed by atoms with Gasteiger partial charge in [0.2, 0.25) is 5.91 Å². The van der Waals surface area contributed by atoms with E-state index in [1.54, 1.807) is 5.57 Å². The molecule has 1 aromatic rings. The maximum absolute atomic E-state index is 12.8. The average molecular weight is 509 g/mol. The van der Waals surface area contributed by atoms with E-state index in [1.165, 1.54) is 24.1 Å². The van der Waals surface area contributed by atoms with Gasteiger partial charge in [0.25, 0.3) is 0 Å². The highest BCUT2D eigenvalue weighted by Gasteiger charge is 2.67. The van der Waals surface area contributed by atoms with Crippen LogP contribution in [0.2, 0.25) is 0 Å². The molecule has 204 valence electrons. The number of nitrogen functional groups attached to an aromatic ring is 1. The molecule has 1 heterocycles. The fourth-order valence-electron chi connectivity index (χ4n) is 11.4. The molecule has 0 spiro atoms. The Morgan fingerprint density at radius 2 is 1.81 bits per heavy atom. The summed E-state index contributed by atoms with van der Waals surface area (Å²) in [6, 6.07) is 0. The molecule has 3 unspecified atom stereocenters. The van der Waals surface area contributed by atoms with E-state index >= 15 is 0 Å². The average Bonchev–Trinajstić information content (AvgIpc) is 3.18. The molecule has 0 radical (unpaired) electrons. The third-order valence-electron chi connectivity index (χ3n) is 13.2. The van der Waals surface area contributed by atoms with Crippen molar-refractivity contribution >= 4 is 11.7 Å². The van der Waals surface area contributed by atoms with Crippen molar-refractivity contribution in [3.05, 3.63) is 22.9 Å². The molecule has 5 aliphatic carbocycles. The Labute approximate surface area is 222 Å². The number of amides is 1.